The molecule has 0 fully saturated rings. The standard InChI is InChI=1S/C4H6OS/c1-3-6-4-2-5-1/h1,3H,2,4H2. The molecule has 1 rings (SSSR count). The SMILES string of the molecule is C1=CSCCO1. The van der Waals surface area contributed by atoms with Crippen LogP contribution in [0.25, 0.3) is 0 Å². The lowest BCUT2D eigenvalue weighted by Gasteiger charge is -2.01. The molecule has 2 heteroatoms. The average Bonchev–Trinajstić information content (AvgIpc) is 1.72. The van der Waals surface area contributed by atoms with Crippen LogP contribution in [0.3, 0.4) is 0 Å². The normalized spacial score (nSPS) is 20.0. The highest BCUT2D eigenvalue weighted by Crippen LogP contribution is 2.05. The lowest BCUT2D eigenvalue weighted by Crippen LogP contribution is -1.92. The molecule has 0 unspecified atom stereocenters. The van der Waals surface area contributed by atoms with Crippen molar-refractivity contribution in [2.75, 3.05) is 12.4 Å². The number of ether oxygens (including phenoxy) is 1. The minimum absolute atomic E-state index is 0.876. The highest BCUT2D eigenvalue weighted by atomic mass is 32.2. The molecule has 1 heterocycles. The van der Waals surface area contributed by atoms with E-state index in [0.29, 0.717) is 0 Å². The van der Waals surface area contributed by atoms with E-state index >= 15 is 0 Å². The Morgan fingerprint density at radius 2 is 2.67 bits per heavy atom. The van der Waals surface area contributed by atoms with E-state index in [-0.39, 0.29) is 0 Å². The molecule has 0 atom stereocenters. The molecule has 34 valence electrons. The van der Waals surface area contributed by atoms with E-state index in [0.717, 1.165) is 12.4 Å². The van der Waals surface area contributed by atoms with Crippen LogP contribution in [0, 0.1) is 0 Å². The van der Waals surface area contributed by atoms with Gasteiger partial charge in [-0.25, -0.2) is 0 Å². The largest absolute Gasteiger partial charge is 0.500 e. The molecular weight excluding hydrogens is 96.1 g/mol. The van der Waals surface area contributed by atoms with Crippen molar-refractivity contribution in [3.63, 3.8) is 0 Å². The minimum Gasteiger partial charge on any atom is -0.500 e. The van der Waals surface area contributed by atoms with Gasteiger partial charge in [-0.1, -0.05) is 0 Å². The second-order valence-corrected chi connectivity index (χ2v) is 2.03. The van der Waals surface area contributed by atoms with Crippen LogP contribution in [0.2, 0.25) is 0 Å². The lowest BCUT2D eigenvalue weighted by molar-refractivity contribution is 0.270. The summed E-state index contributed by atoms with van der Waals surface area (Å²) in [4.78, 5) is 0. The van der Waals surface area contributed by atoms with Gasteiger partial charge < -0.3 is 4.74 Å². The Morgan fingerprint density at radius 3 is 2.83 bits per heavy atom. The molecule has 0 aliphatic carbocycles. The highest BCUT2D eigenvalue weighted by Gasteiger charge is 1.86. The number of rotatable bonds is 0. The van der Waals surface area contributed by atoms with Crippen molar-refractivity contribution in [2.24, 2.45) is 0 Å². The topological polar surface area (TPSA) is 9.23 Å². The molecule has 1 aliphatic rings. The maximum absolute atomic E-state index is 4.87. The van der Waals surface area contributed by atoms with E-state index in [2.05, 4.69) is 0 Å². The predicted molar refractivity (Wildman–Crippen MR) is 27.5 cm³/mol. The van der Waals surface area contributed by atoms with Crippen molar-refractivity contribution in [3.8, 4) is 0 Å². The molecule has 1 nitrogen and oxygen atoms in total. The van der Waals surface area contributed by atoms with E-state index < -0.39 is 0 Å². The van der Waals surface area contributed by atoms with Crippen LogP contribution in [0.1, 0.15) is 0 Å². The Kier molecular flexibility index (Phi) is 1.44. The molecule has 0 aromatic heterocycles. The zero-order chi connectivity index (χ0) is 4.24. The highest BCUT2D eigenvalue weighted by molar-refractivity contribution is 8.02. The fourth-order valence-electron chi connectivity index (χ4n) is 0.311. The summed E-state index contributed by atoms with van der Waals surface area (Å²) in [5.74, 6) is 1.11. The summed E-state index contributed by atoms with van der Waals surface area (Å²) in [6, 6.07) is 0. The molecular formula is C4H6OS. The molecule has 0 aromatic carbocycles. The molecule has 0 saturated heterocycles. The van der Waals surface area contributed by atoms with Gasteiger partial charge in [0.25, 0.3) is 0 Å². The van der Waals surface area contributed by atoms with Crippen LogP contribution < -0.4 is 0 Å². The number of thioether (sulfide) groups is 1. The van der Waals surface area contributed by atoms with Crippen molar-refractivity contribution < 1.29 is 4.74 Å². The van der Waals surface area contributed by atoms with Gasteiger partial charge in [0.05, 0.1) is 12.9 Å². The van der Waals surface area contributed by atoms with Gasteiger partial charge in [-0.15, -0.1) is 11.8 Å². The molecule has 0 amide bonds. The third-order valence-corrected chi connectivity index (χ3v) is 1.27. The Bertz CT molecular complexity index is 52.6. The summed E-state index contributed by atoms with van der Waals surface area (Å²) in [6.45, 7) is 0.876. The van der Waals surface area contributed by atoms with Gasteiger partial charge in [0.1, 0.15) is 0 Å². The first kappa shape index (κ1) is 4.06. The number of hydrogen-bond donors (Lipinski definition) is 0. The third kappa shape index (κ3) is 0.937. The van der Waals surface area contributed by atoms with Gasteiger partial charge in [0.2, 0.25) is 0 Å². The first-order valence-electron chi connectivity index (χ1n) is 1.88. The molecule has 0 aromatic rings. The molecule has 6 heavy (non-hydrogen) atoms. The second kappa shape index (κ2) is 2.13. The maximum atomic E-state index is 4.87. The van der Waals surface area contributed by atoms with Gasteiger partial charge in [0, 0.05) is 11.2 Å². The minimum atomic E-state index is 0.876. The van der Waals surface area contributed by atoms with Crippen LogP contribution in [0.15, 0.2) is 11.7 Å². The van der Waals surface area contributed by atoms with E-state index in [4.69, 9.17) is 4.74 Å². The van der Waals surface area contributed by atoms with Gasteiger partial charge in [0.15, 0.2) is 0 Å². The molecule has 0 radical (unpaired) electrons. The van der Waals surface area contributed by atoms with Crippen LogP contribution in [0.5, 0.6) is 0 Å². The Morgan fingerprint density at radius 1 is 1.67 bits per heavy atom. The number of hydrogen-bond acceptors (Lipinski definition) is 2. The van der Waals surface area contributed by atoms with E-state index in [1.807, 2.05) is 5.41 Å². The van der Waals surface area contributed by atoms with E-state index in [9.17, 15) is 0 Å². The van der Waals surface area contributed by atoms with Gasteiger partial charge >= 0.3 is 0 Å². The zero-order valence-electron chi connectivity index (χ0n) is 3.39. The fraction of sp³-hybridized carbons (Fsp3) is 0.500. The van der Waals surface area contributed by atoms with E-state index in [1.54, 1.807) is 18.0 Å². The van der Waals surface area contributed by atoms with Crippen LogP contribution in [-0.2, 0) is 4.74 Å². The van der Waals surface area contributed by atoms with Gasteiger partial charge in [-0.2, -0.15) is 0 Å². The summed E-state index contributed by atoms with van der Waals surface area (Å²) < 4.78 is 4.87. The summed E-state index contributed by atoms with van der Waals surface area (Å²) in [6.07, 6.45) is 1.73. The predicted octanol–water partition coefficient (Wildman–Crippen LogP) is 1.22. The Balaban J connectivity index is 2.26. The van der Waals surface area contributed by atoms with Crippen LogP contribution in [-0.4, -0.2) is 12.4 Å². The van der Waals surface area contributed by atoms with Crippen molar-refractivity contribution >= 4 is 11.8 Å². The van der Waals surface area contributed by atoms with Crippen molar-refractivity contribution in [1.29, 1.82) is 0 Å². The van der Waals surface area contributed by atoms with Crippen molar-refractivity contribution in [3.05, 3.63) is 11.7 Å². The average molecular weight is 102 g/mol. The van der Waals surface area contributed by atoms with Gasteiger partial charge in [-0.05, 0) is 0 Å². The first-order chi connectivity index (χ1) is 3.00. The quantitative estimate of drug-likeness (QED) is 0.455. The van der Waals surface area contributed by atoms with Crippen LogP contribution >= 0.6 is 11.8 Å². The fourth-order valence-corrected chi connectivity index (χ4v) is 0.797. The summed E-state index contributed by atoms with van der Waals surface area (Å²) >= 11 is 1.79. The third-order valence-electron chi connectivity index (χ3n) is 0.567. The zero-order valence-corrected chi connectivity index (χ0v) is 4.20. The Hall–Kier alpha value is -0.110. The Labute approximate surface area is 41.4 Å². The van der Waals surface area contributed by atoms with Crippen molar-refractivity contribution in [1.82, 2.24) is 0 Å². The summed E-state index contributed by atoms with van der Waals surface area (Å²) in [5, 5.41) is 1.96. The molecule has 0 N–H and O–H groups in total. The summed E-state index contributed by atoms with van der Waals surface area (Å²) in [5.41, 5.74) is 0. The molecule has 0 spiro atoms. The summed E-state index contributed by atoms with van der Waals surface area (Å²) in [7, 11) is 0. The second-order valence-electron chi connectivity index (χ2n) is 1.01. The lowest BCUT2D eigenvalue weighted by atomic mass is 10.8. The first-order valence-corrected chi connectivity index (χ1v) is 2.93. The monoisotopic (exact) mass is 102 g/mol. The maximum Gasteiger partial charge on any atom is 0.0967 e. The van der Waals surface area contributed by atoms with E-state index in [1.165, 1.54) is 0 Å². The smallest absolute Gasteiger partial charge is 0.0967 e. The van der Waals surface area contributed by atoms with Gasteiger partial charge in [-0.3, -0.25) is 0 Å². The molecule has 1 aliphatic heterocycles. The molecule has 0 saturated carbocycles. The van der Waals surface area contributed by atoms with Crippen LogP contribution in [0.4, 0.5) is 0 Å². The van der Waals surface area contributed by atoms with Crippen molar-refractivity contribution in [2.45, 2.75) is 0 Å². The molecule has 0 bridgehead atoms.